The summed E-state index contributed by atoms with van der Waals surface area (Å²) in [4.78, 5) is 20.7. The minimum absolute atomic E-state index is 0.227. The number of benzene rings is 1. The minimum atomic E-state index is -3.58. The highest BCUT2D eigenvalue weighted by Crippen LogP contribution is 2.20. The molecule has 34 heavy (non-hydrogen) atoms. The van der Waals surface area contributed by atoms with Crippen LogP contribution in [0.25, 0.3) is 0 Å². The van der Waals surface area contributed by atoms with E-state index >= 15 is 0 Å². The molecule has 0 saturated carbocycles. The highest BCUT2D eigenvalue weighted by atomic mass is 35.5. The number of hydrogen-bond acceptors (Lipinski definition) is 6. The first-order valence-electron chi connectivity index (χ1n) is 11.4. The molecule has 0 bridgehead atoms. The van der Waals surface area contributed by atoms with Gasteiger partial charge in [0.2, 0.25) is 10.0 Å². The summed E-state index contributed by atoms with van der Waals surface area (Å²) >= 11 is 7.24. The van der Waals surface area contributed by atoms with E-state index in [2.05, 4.69) is 22.1 Å². The smallest absolute Gasteiger partial charge is 0.267 e. The van der Waals surface area contributed by atoms with Crippen molar-refractivity contribution in [3.8, 4) is 0 Å². The van der Waals surface area contributed by atoms with Crippen LogP contribution in [0.15, 0.2) is 64.9 Å². The fraction of sp³-hybridized carbons (Fsp3) is 0.400. The van der Waals surface area contributed by atoms with Gasteiger partial charge in [0.05, 0.1) is 6.26 Å². The van der Waals surface area contributed by atoms with E-state index in [4.69, 9.17) is 11.6 Å². The summed E-state index contributed by atoms with van der Waals surface area (Å²) < 4.78 is 25.8. The van der Waals surface area contributed by atoms with Gasteiger partial charge in [-0.25, -0.2) is 12.4 Å². The van der Waals surface area contributed by atoms with Gasteiger partial charge in [0, 0.05) is 41.4 Å². The number of aryl methyl sites for hydroxylation is 1. The van der Waals surface area contributed by atoms with E-state index in [-0.39, 0.29) is 11.6 Å². The van der Waals surface area contributed by atoms with Crippen LogP contribution < -0.4 is 5.56 Å². The molecule has 3 rings (SSSR count). The van der Waals surface area contributed by atoms with Crippen LogP contribution >= 0.6 is 23.4 Å². The minimum Gasteiger partial charge on any atom is -0.267 e. The topological polar surface area (TPSA) is 81.9 Å². The quantitative estimate of drug-likeness (QED) is 0.172. The van der Waals surface area contributed by atoms with Crippen molar-refractivity contribution in [2.75, 3.05) is 12.0 Å². The predicted molar refractivity (Wildman–Crippen MR) is 139 cm³/mol. The number of halogens is 1. The first-order chi connectivity index (χ1) is 16.3. The molecule has 182 valence electrons. The second kappa shape index (κ2) is 13.1. The van der Waals surface area contributed by atoms with E-state index in [0.717, 1.165) is 52.9 Å². The van der Waals surface area contributed by atoms with Gasteiger partial charge in [-0.2, -0.15) is 4.98 Å². The maximum absolute atomic E-state index is 12.5. The van der Waals surface area contributed by atoms with Gasteiger partial charge in [0.25, 0.3) is 5.56 Å². The molecule has 0 radical (unpaired) electrons. The van der Waals surface area contributed by atoms with Gasteiger partial charge in [0.1, 0.15) is 0 Å². The highest BCUT2D eigenvalue weighted by molar-refractivity contribution is 7.99. The molecule has 0 saturated heterocycles. The number of unbranched alkanes of at least 4 members (excludes halogenated alkanes) is 5. The molecule has 0 aliphatic rings. The monoisotopic (exact) mass is 519 g/mol. The molecule has 2 heterocycles. The number of nitrogens with zero attached hydrogens (tertiary/aromatic N) is 3. The standard InChI is InChI=1S/C25H30ClN3O3S2/c1-34(31,32)29-19-22(17-21-10-8-15-27-18-21)24(30)28-25(29)33-16-7-5-3-2-4-6-9-20-11-13-23(26)14-12-20/h8,10-15,18-19H,2-7,9,16-17H2,1H3. The SMILES string of the molecule is CS(=O)(=O)n1cc(Cc2cccnc2)c(=O)nc1SCCCCCCCCc1ccc(Cl)cc1. The second-order valence-corrected chi connectivity index (χ2v) is 11.7. The van der Waals surface area contributed by atoms with Crippen LogP contribution in [0, 0.1) is 0 Å². The first kappa shape index (κ1) is 26.4. The molecule has 0 fully saturated rings. The summed E-state index contributed by atoms with van der Waals surface area (Å²) in [5, 5.41) is 0.997. The van der Waals surface area contributed by atoms with Gasteiger partial charge < -0.3 is 0 Å². The molecule has 1 aromatic carbocycles. The van der Waals surface area contributed by atoms with E-state index in [1.165, 1.54) is 36.4 Å². The van der Waals surface area contributed by atoms with Crippen molar-refractivity contribution >= 4 is 33.4 Å². The Morgan fingerprint density at radius 2 is 1.68 bits per heavy atom. The molecule has 9 heteroatoms. The van der Waals surface area contributed by atoms with Crippen molar-refractivity contribution < 1.29 is 8.42 Å². The highest BCUT2D eigenvalue weighted by Gasteiger charge is 2.16. The van der Waals surface area contributed by atoms with E-state index in [9.17, 15) is 13.2 Å². The normalized spacial score (nSPS) is 11.6. The van der Waals surface area contributed by atoms with Gasteiger partial charge >= 0.3 is 0 Å². The predicted octanol–water partition coefficient (Wildman–Crippen LogP) is 5.37. The average molecular weight is 520 g/mol. The zero-order valence-corrected chi connectivity index (χ0v) is 21.7. The van der Waals surface area contributed by atoms with Crippen molar-refractivity contribution in [3.63, 3.8) is 0 Å². The molecule has 3 aromatic rings. The van der Waals surface area contributed by atoms with Gasteiger partial charge in [0.15, 0.2) is 5.16 Å². The maximum atomic E-state index is 12.5. The second-order valence-electron chi connectivity index (χ2n) is 8.30. The molecule has 0 spiro atoms. The van der Waals surface area contributed by atoms with Crippen LogP contribution in [-0.4, -0.2) is 34.4 Å². The summed E-state index contributed by atoms with van der Waals surface area (Å²) in [7, 11) is -3.58. The molecule has 0 unspecified atom stereocenters. The van der Waals surface area contributed by atoms with E-state index < -0.39 is 15.6 Å². The number of hydrogen-bond donors (Lipinski definition) is 0. The maximum Gasteiger partial charge on any atom is 0.277 e. The zero-order valence-electron chi connectivity index (χ0n) is 19.3. The van der Waals surface area contributed by atoms with Gasteiger partial charge in [-0.3, -0.25) is 9.78 Å². The lowest BCUT2D eigenvalue weighted by atomic mass is 10.1. The molecule has 0 amide bonds. The average Bonchev–Trinajstić information content (AvgIpc) is 2.80. The number of pyridine rings is 1. The van der Waals surface area contributed by atoms with Gasteiger partial charge in [-0.15, -0.1) is 0 Å². The van der Waals surface area contributed by atoms with Crippen LogP contribution in [0.1, 0.15) is 55.2 Å². The van der Waals surface area contributed by atoms with Crippen molar-refractivity contribution in [1.82, 2.24) is 13.9 Å². The largest absolute Gasteiger partial charge is 0.277 e. The summed E-state index contributed by atoms with van der Waals surface area (Å²) in [6, 6.07) is 11.6. The molecular formula is C25H30ClN3O3S2. The summed E-state index contributed by atoms with van der Waals surface area (Å²) in [5.41, 5.74) is 2.08. The zero-order chi connectivity index (χ0) is 24.4. The van der Waals surface area contributed by atoms with Crippen molar-refractivity contribution in [1.29, 1.82) is 0 Å². The third-order valence-corrected chi connectivity index (χ3v) is 7.81. The molecule has 6 nitrogen and oxygen atoms in total. The van der Waals surface area contributed by atoms with E-state index in [1.807, 2.05) is 18.2 Å². The molecule has 0 aliphatic heterocycles. The van der Waals surface area contributed by atoms with Crippen molar-refractivity contribution in [2.45, 2.75) is 56.5 Å². The number of thioether (sulfide) groups is 1. The molecule has 0 atom stereocenters. The first-order valence-corrected chi connectivity index (χ1v) is 14.6. The Balaban J connectivity index is 1.44. The lowest BCUT2D eigenvalue weighted by Gasteiger charge is -2.12. The fourth-order valence-corrected chi connectivity index (χ4v) is 5.78. The Kier molecular flexibility index (Phi) is 10.2. The Hall–Kier alpha value is -2.16. The van der Waals surface area contributed by atoms with Gasteiger partial charge in [-0.1, -0.05) is 67.2 Å². The summed E-state index contributed by atoms with van der Waals surface area (Å²) in [6.45, 7) is 0. The third-order valence-electron chi connectivity index (χ3n) is 5.41. The lowest BCUT2D eigenvalue weighted by Crippen LogP contribution is -2.23. The van der Waals surface area contributed by atoms with Crippen LogP contribution in [0.2, 0.25) is 5.02 Å². The molecular weight excluding hydrogens is 490 g/mol. The van der Waals surface area contributed by atoms with Crippen LogP contribution in [0.5, 0.6) is 0 Å². The van der Waals surface area contributed by atoms with Crippen molar-refractivity contribution in [3.05, 3.63) is 87.1 Å². The Morgan fingerprint density at radius 3 is 2.35 bits per heavy atom. The van der Waals surface area contributed by atoms with Gasteiger partial charge in [-0.05, 0) is 48.6 Å². The van der Waals surface area contributed by atoms with E-state index in [0.29, 0.717) is 11.3 Å². The fourth-order valence-electron chi connectivity index (χ4n) is 3.59. The third kappa shape index (κ3) is 8.56. The molecule has 2 aromatic heterocycles. The molecule has 0 aliphatic carbocycles. The number of aromatic nitrogens is 3. The van der Waals surface area contributed by atoms with Crippen LogP contribution in [-0.2, 0) is 22.9 Å². The lowest BCUT2D eigenvalue weighted by molar-refractivity contribution is 0.584. The Labute approximate surface area is 210 Å². The Morgan fingerprint density at radius 1 is 0.971 bits per heavy atom. The Bertz CT molecular complexity index is 1210. The molecule has 0 N–H and O–H groups in total. The summed E-state index contributed by atoms with van der Waals surface area (Å²) in [6.07, 6.45) is 13.9. The number of rotatable bonds is 13. The van der Waals surface area contributed by atoms with Crippen molar-refractivity contribution in [2.24, 2.45) is 0 Å². The van der Waals surface area contributed by atoms with Crippen LogP contribution in [0.3, 0.4) is 0 Å². The van der Waals surface area contributed by atoms with Crippen LogP contribution in [0.4, 0.5) is 0 Å². The van der Waals surface area contributed by atoms with E-state index in [1.54, 1.807) is 18.5 Å². The summed E-state index contributed by atoms with van der Waals surface area (Å²) in [5.74, 6) is 0.717.